The zero-order valence-electron chi connectivity index (χ0n) is 11.5. The van der Waals surface area contributed by atoms with Crippen molar-refractivity contribution in [3.63, 3.8) is 0 Å². The summed E-state index contributed by atoms with van der Waals surface area (Å²) in [6.07, 6.45) is 0. The first kappa shape index (κ1) is 16.0. The van der Waals surface area contributed by atoms with E-state index in [1.165, 1.54) is 0 Å². The third kappa shape index (κ3) is 3.83. The van der Waals surface area contributed by atoms with Crippen molar-refractivity contribution < 1.29 is 16.1 Å². The van der Waals surface area contributed by atoms with Crippen LogP contribution >= 0.6 is 24.9 Å². The molecular formula is C15H14F2O2S2. The van der Waals surface area contributed by atoms with Crippen LogP contribution in [0.25, 0.3) is 0 Å². The minimum Gasteiger partial charge on any atom is -0.397 e. The second-order valence-electron chi connectivity index (χ2n) is 4.97. The number of hydrogen-bond donors (Lipinski definition) is 0. The van der Waals surface area contributed by atoms with Crippen molar-refractivity contribution in [2.24, 2.45) is 0 Å². The number of benzene rings is 2. The van der Waals surface area contributed by atoms with Crippen LogP contribution in [-0.2, 0) is 5.41 Å². The normalized spacial score (nSPS) is 11.2. The molecule has 0 aliphatic rings. The van der Waals surface area contributed by atoms with E-state index in [1.807, 2.05) is 24.3 Å². The van der Waals surface area contributed by atoms with E-state index < -0.39 is 0 Å². The van der Waals surface area contributed by atoms with E-state index in [1.54, 1.807) is 24.3 Å². The molecule has 0 amide bonds. The molecule has 2 rings (SSSR count). The van der Waals surface area contributed by atoms with Crippen molar-refractivity contribution in [2.45, 2.75) is 19.3 Å². The molecule has 2 aromatic rings. The largest absolute Gasteiger partial charge is 0.397 e. The maximum absolute atomic E-state index is 12.0. The topological polar surface area (TPSA) is 18.5 Å². The predicted molar refractivity (Wildman–Crippen MR) is 83.7 cm³/mol. The van der Waals surface area contributed by atoms with Crippen molar-refractivity contribution in [3.05, 3.63) is 59.7 Å². The fourth-order valence-electron chi connectivity index (χ4n) is 2.09. The molecule has 2 nitrogen and oxygen atoms in total. The number of rotatable bonds is 6. The molecule has 0 aliphatic heterocycles. The van der Waals surface area contributed by atoms with E-state index in [4.69, 9.17) is 8.37 Å². The van der Waals surface area contributed by atoms with Gasteiger partial charge in [-0.1, -0.05) is 38.1 Å². The van der Waals surface area contributed by atoms with Gasteiger partial charge in [0.2, 0.25) is 0 Å². The molecule has 6 heteroatoms. The molecule has 0 N–H and O–H groups in total. The maximum atomic E-state index is 12.0. The molecule has 0 bridgehead atoms. The molecule has 0 heterocycles. The average Bonchev–Trinajstić information content (AvgIpc) is 2.49. The fraction of sp³-hybridized carbons (Fsp3) is 0.200. The Bertz CT molecular complexity index is 520. The lowest BCUT2D eigenvalue weighted by molar-refractivity contribution is 0.601. The van der Waals surface area contributed by atoms with E-state index in [0.29, 0.717) is 11.5 Å². The Hall–Kier alpha value is -1.40. The summed E-state index contributed by atoms with van der Waals surface area (Å²) < 4.78 is 33.5. The molecule has 0 fully saturated rings. The first-order valence-electron chi connectivity index (χ1n) is 6.19. The van der Waals surface area contributed by atoms with Gasteiger partial charge >= 0.3 is 0 Å². The lowest BCUT2D eigenvalue weighted by Crippen LogP contribution is -2.18. The van der Waals surface area contributed by atoms with Gasteiger partial charge in [-0.25, -0.2) is 0 Å². The number of hydrogen-bond acceptors (Lipinski definition) is 4. The summed E-state index contributed by atoms with van der Waals surface area (Å²) in [6.45, 7) is 4.15. The summed E-state index contributed by atoms with van der Waals surface area (Å²) in [4.78, 5) is 0. The molecule has 0 atom stereocenters. The third-order valence-electron chi connectivity index (χ3n) is 3.41. The van der Waals surface area contributed by atoms with Crippen molar-refractivity contribution in [1.82, 2.24) is 0 Å². The van der Waals surface area contributed by atoms with Crippen LogP contribution in [0, 0.1) is 0 Å². The van der Waals surface area contributed by atoms with Crippen molar-refractivity contribution in [2.75, 3.05) is 0 Å². The quantitative estimate of drug-likeness (QED) is 0.620. The first-order chi connectivity index (χ1) is 10.1. The fourth-order valence-corrected chi connectivity index (χ4v) is 2.46. The summed E-state index contributed by atoms with van der Waals surface area (Å²) in [5, 5.41) is 0. The molecule has 0 radical (unpaired) electrons. The Balaban J connectivity index is 2.23. The van der Waals surface area contributed by atoms with Crippen LogP contribution in [0.1, 0.15) is 25.0 Å². The van der Waals surface area contributed by atoms with E-state index >= 15 is 0 Å². The Kier molecular flexibility index (Phi) is 5.36. The van der Waals surface area contributed by atoms with E-state index in [2.05, 4.69) is 13.8 Å². The van der Waals surface area contributed by atoms with Gasteiger partial charge in [-0.3, -0.25) is 0 Å². The van der Waals surface area contributed by atoms with Gasteiger partial charge in [-0.05, 0) is 35.4 Å². The standard InChI is InChI=1S/C15H14F2O2S2/c1-15(2,11-3-7-13(8-4-11)18-20-16)12-5-9-14(10-6-12)19-21-17/h3-10H,1-2H3. The monoisotopic (exact) mass is 328 g/mol. The minimum absolute atomic E-state index is 0.176. The van der Waals surface area contributed by atoms with Crippen LogP contribution in [0.3, 0.4) is 0 Å². The Labute approximate surface area is 131 Å². The third-order valence-corrected chi connectivity index (χ3v) is 3.92. The van der Waals surface area contributed by atoms with Gasteiger partial charge < -0.3 is 8.37 Å². The lowest BCUT2D eigenvalue weighted by atomic mass is 9.78. The SMILES string of the molecule is CC(C)(c1ccc(OSF)cc1)c1ccc(OSF)cc1. The molecule has 0 aliphatic carbocycles. The van der Waals surface area contributed by atoms with Crippen LogP contribution in [0.2, 0.25) is 0 Å². The molecule has 0 spiro atoms. The second kappa shape index (κ2) is 7.04. The van der Waals surface area contributed by atoms with E-state index in [0.717, 1.165) is 11.1 Å². The lowest BCUT2D eigenvalue weighted by Gasteiger charge is -2.26. The van der Waals surface area contributed by atoms with Crippen LogP contribution in [0.4, 0.5) is 7.77 Å². The van der Waals surface area contributed by atoms with Gasteiger partial charge in [0.25, 0.3) is 24.9 Å². The molecule has 112 valence electrons. The minimum atomic E-state index is -0.247. The van der Waals surface area contributed by atoms with Gasteiger partial charge in [0, 0.05) is 5.41 Å². The molecular weight excluding hydrogens is 314 g/mol. The van der Waals surface area contributed by atoms with Crippen molar-refractivity contribution in [3.8, 4) is 11.5 Å². The Morgan fingerprint density at radius 3 is 1.33 bits per heavy atom. The predicted octanol–water partition coefficient (Wildman–Crippen LogP) is 5.84. The van der Waals surface area contributed by atoms with Crippen LogP contribution in [-0.4, -0.2) is 0 Å². The molecule has 0 saturated carbocycles. The van der Waals surface area contributed by atoms with Gasteiger partial charge in [0.1, 0.15) is 11.5 Å². The van der Waals surface area contributed by atoms with Gasteiger partial charge in [0.15, 0.2) is 0 Å². The van der Waals surface area contributed by atoms with Crippen LogP contribution in [0.5, 0.6) is 11.5 Å². The zero-order valence-corrected chi connectivity index (χ0v) is 13.1. The van der Waals surface area contributed by atoms with Crippen LogP contribution < -0.4 is 8.37 Å². The van der Waals surface area contributed by atoms with Gasteiger partial charge in [-0.15, -0.1) is 7.77 Å². The highest BCUT2D eigenvalue weighted by Crippen LogP contribution is 2.34. The summed E-state index contributed by atoms with van der Waals surface area (Å²) in [6, 6.07) is 14.5. The highest BCUT2D eigenvalue weighted by molar-refractivity contribution is 7.90. The summed E-state index contributed by atoms with van der Waals surface area (Å²) in [5.74, 6) is 0.927. The summed E-state index contributed by atoms with van der Waals surface area (Å²) in [5.41, 5.74) is 1.88. The average molecular weight is 328 g/mol. The van der Waals surface area contributed by atoms with Gasteiger partial charge in [-0.2, -0.15) is 0 Å². The highest BCUT2D eigenvalue weighted by atomic mass is 32.2. The van der Waals surface area contributed by atoms with E-state index in [9.17, 15) is 7.77 Å². The smallest absolute Gasteiger partial charge is 0.272 e. The number of halogens is 2. The molecule has 0 saturated heterocycles. The van der Waals surface area contributed by atoms with E-state index in [-0.39, 0.29) is 30.3 Å². The first-order valence-corrected chi connectivity index (χ1v) is 7.48. The highest BCUT2D eigenvalue weighted by Gasteiger charge is 2.23. The molecule has 0 unspecified atom stereocenters. The van der Waals surface area contributed by atoms with Crippen molar-refractivity contribution >= 4 is 24.9 Å². The molecule has 21 heavy (non-hydrogen) atoms. The maximum Gasteiger partial charge on any atom is 0.272 e. The van der Waals surface area contributed by atoms with Gasteiger partial charge in [0.05, 0.1) is 0 Å². The Morgan fingerprint density at radius 2 is 1.05 bits per heavy atom. The molecule has 2 aromatic carbocycles. The Morgan fingerprint density at radius 1 is 0.714 bits per heavy atom. The molecule has 0 aromatic heterocycles. The van der Waals surface area contributed by atoms with Crippen molar-refractivity contribution in [1.29, 1.82) is 0 Å². The summed E-state index contributed by atoms with van der Waals surface area (Å²) in [7, 11) is 0. The van der Waals surface area contributed by atoms with Crippen LogP contribution in [0.15, 0.2) is 48.5 Å². The summed E-state index contributed by atoms with van der Waals surface area (Å²) >= 11 is -0.352. The second-order valence-corrected chi connectivity index (χ2v) is 5.55. The zero-order chi connectivity index (χ0) is 15.3.